The molecule has 0 spiro atoms. The van der Waals surface area contributed by atoms with Crippen LogP contribution in [-0.4, -0.2) is 44.3 Å². The van der Waals surface area contributed by atoms with Gasteiger partial charge in [-0.25, -0.2) is 19.2 Å². The minimum absolute atomic E-state index is 0.0944. The summed E-state index contributed by atoms with van der Waals surface area (Å²) in [6, 6.07) is 21.7. The summed E-state index contributed by atoms with van der Waals surface area (Å²) in [5.74, 6) is -4.36. The summed E-state index contributed by atoms with van der Waals surface area (Å²) in [5.41, 5.74) is 1.80. The monoisotopic (exact) mass is 602 g/mol. The Morgan fingerprint density at radius 1 is 0.512 bits per heavy atom. The van der Waals surface area contributed by atoms with Crippen molar-refractivity contribution >= 4 is 35.6 Å². The van der Waals surface area contributed by atoms with Crippen LogP contribution in [-0.2, 0) is 35.9 Å². The Kier molecular flexibility index (Phi) is 10.3. The molecule has 0 heterocycles. The largest absolute Gasteiger partial charge is 0.478 e. The van der Waals surface area contributed by atoms with Crippen LogP contribution in [0, 0.1) is 0 Å². The van der Waals surface area contributed by atoms with Crippen molar-refractivity contribution in [3.63, 3.8) is 0 Å². The summed E-state index contributed by atoms with van der Waals surface area (Å²) in [7, 11) is 0. The van der Waals surface area contributed by atoms with Gasteiger partial charge in [0.25, 0.3) is 0 Å². The fourth-order valence-electron chi connectivity index (χ4n) is 3.96. The highest BCUT2D eigenvalue weighted by Crippen LogP contribution is 2.31. The van der Waals surface area contributed by atoms with Crippen molar-refractivity contribution in [2.75, 3.05) is 0 Å². The van der Waals surface area contributed by atoms with Crippen LogP contribution in [0.1, 0.15) is 63.7 Å². The SMILES string of the molecule is O=C(O)c1cc(Sc2ccc(C(=O)O)c(C(=O)OCc3ccc(CO)cc3)c2)ccc1C(=O)OCc1ccc(CO)cc1. The molecule has 0 aliphatic heterocycles. The Morgan fingerprint density at radius 3 is 1.35 bits per heavy atom. The molecule has 0 saturated heterocycles. The molecule has 0 fully saturated rings. The van der Waals surface area contributed by atoms with Crippen molar-refractivity contribution < 1.29 is 49.1 Å². The molecule has 10 nitrogen and oxygen atoms in total. The zero-order chi connectivity index (χ0) is 30.9. The Labute approximate surface area is 250 Å². The lowest BCUT2D eigenvalue weighted by atomic mass is 10.1. The third kappa shape index (κ3) is 8.07. The third-order valence-corrected chi connectivity index (χ3v) is 7.25. The van der Waals surface area contributed by atoms with Gasteiger partial charge in [-0.3, -0.25) is 0 Å². The van der Waals surface area contributed by atoms with Crippen LogP contribution in [0.25, 0.3) is 0 Å². The van der Waals surface area contributed by atoms with Gasteiger partial charge in [0, 0.05) is 9.79 Å². The van der Waals surface area contributed by atoms with Crippen LogP contribution in [0.15, 0.2) is 94.7 Å². The van der Waals surface area contributed by atoms with E-state index in [1.807, 2.05) is 0 Å². The van der Waals surface area contributed by atoms with Gasteiger partial charge >= 0.3 is 23.9 Å². The number of aliphatic hydroxyl groups is 2. The van der Waals surface area contributed by atoms with E-state index in [9.17, 15) is 29.4 Å². The second-order valence-electron chi connectivity index (χ2n) is 9.23. The number of aliphatic hydroxyl groups excluding tert-OH is 2. The predicted octanol–water partition coefficient (Wildman–Crippen LogP) is 4.93. The highest BCUT2D eigenvalue weighted by molar-refractivity contribution is 7.99. The topological polar surface area (TPSA) is 168 Å². The van der Waals surface area contributed by atoms with Crippen molar-refractivity contribution in [1.82, 2.24) is 0 Å². The molecule has 0 saturated carbocycles. The van der Waals surface area contributed by atoms with Crippen LogP contribution < -0.4 is 0 Å². The molecule has 4 N–H and O–H groups in total. The first-order chi connectivity index (χ1) is 20.7. The van der Waals surface area contributed by atoms with Gasteiger partial charge in [0.2, 0.25) is 0 Å². The second kappa shape index (κ2) is 14.3. The fourth-order valence-corrected chi connectivity index (χ4v) is 4.85. The van der Waals surface area contributed by atoms with Crippen LogP contribution in [0.2, 0.25) is 0 Å². The number of carbonyl (C=O) groups excluding carboxylic acids is 2. The first kappa shape index (κ1) is 31.0. The van der Waals surface area contributed by atoms with Crippen LogP contribution in [0.4, 0.5) is 0 Å². The molecular formula is C32H26O10S. The average molecular weight is 603 g/mol. The van der Waals surface area contributed by atoms with E-state index in [1.165, 1.54) is 36.4 Å². The molecule has 0 aliphatic rings. The quantitative estimate of drug-likeness (QED) is 0.162. The smallest absolute Gasteiger partial charge is 0.339 e. The van der Waals surface area contributed by atoms with E-state index in [0.29, 0.717) is 32.0 Å². The molecule has 0 unspecified atom stereocenters. The van der Waals surface area contributed by atoms with E-state index in [1.54, 1.807) is 48.5 Å². The predicted molar refractivity (Wildman–Crippen MR) is 154 cm³/mol. The molecule has 220 valence electrons. The third-order valence-electron chi connectivity index (χ3n) is 6.27. The number of aromatic carboxylic acids is 2. The zero-order valence-electron chi connectivity index (χ0n) is 22.6. The van der Waals surface area contributed by atoms with Crippen molar-refractivity contribution in [2.45, 2.75) is 36.2 Å². The van der Waals surface area contributed by atoms with Gasteiger partial charge in [-0.1, -0.05) is 60.3 Å². The maximum atomic E-state index is 12.9. The Morgan fingerprint density at radius 2 is 0.907 bits per heavy atom. The van der Waals surface area contributed by atoms with E-state index < -0.39 is 23.9 Å². The average Bonchev–Trinajstić information content (AvgIpc) is 3.02. The Hall–Kier alpha value is -4.97. The molecule has 4 aromatic carbocycles. The molecule has 0 aromatic heterocycles. The van der Waals surface area contributed by atoms with E-state index in [0.717, 1.165) is 11.8 Å². The minimum Gasteiger partial charge on any atom is -0.478 e. The van der Waals surface area contributed by atoms with Gasteiger partial charge in [0.1, 0.15) is 13.2 Å². The molecule has 43 heavy (non-hydrogen) atoms. The highest BCUT2D eigenvalue weighted by Gasteiger charge is 2.21. The summed E-state index contributed by atoms with van der Waals surface area (Å²) >= 11 is 1.06. The number of hydrogen-bond donors (Lipinski definition) is 4. The van der Waals surface area contributed by atoms with Gasteiger partial charge < -0.3 is 29.9 Å². The van der Waals surface area contributed by atoms with Gasteiger partial charge in [-0.15, -0.1) is 0 Å². The number of carbonyl (C=O) groups is 4. The number of hydrogen-bond acceptors (Lipinski definition) is 9. The van der Waals surface area contributed by atoms with Crippen LogP contribution in [0.5, 0.6) is 0 Å². The lowest BCUT2D eigenvalue weighted by molar-refractivity contribution is 0.0457. The Bertz CT molecular complexity index is 1650. The normalized spacial score (nSPS) is 10.7. The number of carboxylic acid groups (broad SMARTS) is 2. The molecule has 0 radical (unpaired) electrons. The van der Waals surface area contributed by atoms with Gasteiger partial charge in [0.15, 0.2) is 0 Å². The minimum atomic E-state index is -1.35. The molecule has 0 bridgehead atoms. The van der Waals surface area contributed by atoms with Crippen molar-refractivity contribution in [3.05, 3.63) is 129 Å². The summed E-state index contributed by atoms with van der Waals surface area (Å²) in [6.45, 7) is -0.463. The number of esters is 2. The molecule has 4 aromatic rings. The summed E-state index contributed by atoms with van der Waals surface area (Å²) < 4.78 is 10.6. The van der Waals surface area contributed by atoms with Crippen molar-refractivity contribution in [3.8, 4) is 0 Å². The van der Waals surface area contributed by atoms with E-state index >= 15 is 0 Å². The number of benzene rings is 4. The van der Waals surface area contributed by atoms with Crippen molar-refractivity contribution in [2.24, 2.45) is 0 Å². The molecule has 4 rings (SSSR count). The molecular weight excluding hydrogens is 576 g/mol. The number of carboxylic acids is 2. The van der Waals surface area contributed by atoms with E-state index in [-0.39, 0.29) is 48.7 Å². The van der Waals surface area contributed by atoms with E-state index in [2.05, 4.69) is 0 Å². The first-order valence-electron chi connectivity index (χ1n) is 12.8. The van der Waals surface area contributed by atoms with Crippen molar-refractivity contribution in [1.29, 1.82) is 0 Å². The summed E-state index contributed by atoms with van der Waals surface area (Å²) in [6.07, 6.45) is 0. The lowest BCUT2D eigenvalue weighted by Crippen LogP contribution is -2.12. The van der Waals surface area contributed by atoms with Crippen LogP contribution >= 0.6 is 11.8 Å². The van der Waals surface area contributed by atoms with Gasteiger partial charge in [0.05, 0.1) is 35.5 Å². The highest BCUT2D eigenvalue weighted by atomic mass is 32.2. The molecule has 0 atom stereocenters. The van der Waals surface area contributed by atoms with E-state index in [4.69, 9.17) is 19.7 Å². The zero-order valence-corrected chi connectivity index (χ0v) is 23.4. The first-order valence-corrected chi connectivity index (χ1v) is 13.6. The number of ether oxygens (including phenoxy) is 2. The molecule has 11 heteroatoms. The molecule has 0 aliphatic carbocycles. The fraction of sp³-hybridized carbons (Fsp3) is 0.125. The second-order valence-corrected chi connectivity index (χ2v) is 10.4. The van der Waals surface area contributed by atoms with Gasteiger partial charge in [-0.05, 0) is 58.7 Å². The Balaban J connectivity index is 1.49. The molecule has 0 amide bonds. The van der Waals surface area contributed by atoms with Gasteiger partial charge in [-0.2, -0.15) is 0 Å². The maximum Gasteiger partial charge on any atom is 0.339 e. The number of rotatable bonds is 12. The lowest BCUT2D eigenvalue weighted by Gasteiger charge is -2.11. The standard InChI is InChI=1S/C32H26O10S/c33-15-19-1-5-21(6-2-19)17-41-31(39)26-12-10-23(13-27(26)30(37)38)43-24-9-11-25(29(35)36)28(14-24)32(40)42-18-22-7-3-20(16-34)4-8-22/h1-14,33-34H,15-18H2,(H,35,36)(H,37,38). The maximum absolute atomic E-state index is 12.9. The summed E-state index contributed by atoms with van der Waals surface area (Å²) in [4.78, 5) is 50.2. The van der Waals surface area contributed by atoms with Crippen LogP contribution in [0.3, 0.4) is 0 Å². The summed E-state index contributed by atoms with van der Waals surface area (Å²) in [5, 5.41) is 37.7.